The van der Waals surface area contributed by atoms with Crippen LogP contribution in [0, 0.1) is 0 Å². The van der Waals surface area contributed by atoms with Crippen LogP contribution in [0.1, 0.15) is 0 Å². The van der Waals surface area contributed by atoms with Gasteiger partial charge in [0.15, 0.2) is 6.10 Å². The first-order chi connectivity index (χ1) is 5.91. The van der Waals surface area contributed by atoms with E-state index in [-0.39, 0.29) is 23.2 Å². The summed E-state index contributed by atoms with van der Waals surface area (Å²) in [6.07, 6.45) is -7.84. The third-order valence-electron chi connectivity index (χ3n) is 1.51. The van der Waals surface area contributed by atoms with Gasteiger partial charge in [-0.05, 0) is 0 Å². The van der Waals surface area contributed by atoms with Crippen molar-refractivity contribution in [2.45, 2.75) is 24.4 Å². The van der Waals surface area contributed by atoms with Gasteiger partial charge in [-0.3, -0.25) is 0 Å². The molecule has 94 valence electrons. The van der Waals surface area contributed by atoms with Crippen molar-refractivity contribution >= 4 is 5.97 Å². The van der Waals surface area contributed by atoms with Gasteiger partial charge in [0.1, 0.15) is 18.3 Å². The van der Waals surface area contributed by atoms with Crippen molar-refractivity contribution in [2.75, 3.05) is 6.61 Å². The van der Waals surface area contributed by atoms with E-state index in [4.69, 9.17) is 30.6 Å². The Morgan fingerprint density at radius 3 is 1.73 bits per heavy atom. The normalized spacial score (nSPS) is 17.7. The largest absolute Gasteiger partial charge is 0.479 e. The van der Waals surface area contributed by atoms with Gasteiger partial charge in [0.25, 0.3) is 0 Å². The summed E-state index contributed by atoms with van der Waals surface area (Å²) in [7, 11) is 0. The van der Waals surface area contributed by atoms with E-state index in [1.165, 1.54) is 0 Å². The summed E-state index contributed by atoms with van der Waals surface area (Å²) in [5.74, 6) is -1.73. The Labute approximate surface area is 96.2 Å². The number of hydrogen-bond acceptors (Lipinski definition) is 7. The van der Waals surface area contributed by atoms with Crippen LogP contribution in [-0.2, 0) is 21.9 Å². The molecule has 0 aromatic carbocycles. The van der Waals surface area contributed by atoms with Crippen LogP contribution < -0.4 is 6.15 Å². The topological polar surface area (TPSA) is 173 Å². The van der Waals surface area contributed by atoms with Gasteiger partial charge >= 0.3 is 5.97 Å². The quantitative estimate of drug-likeness (QED) is 0.253. The molecule has 8 nitrogen and oxygen atoms in total. The average molecular weight is 269 g/mol. The van der Waals surface area contributed by atoms with Crippen molar-refractivity contribution in [3.8, 4) is 0 Å². The van der Waals surface area contributed by atoms with Gasteiger partial charge in [0, 0.05) is 17.1 Å². The average Bonchev–Trinajstić information content (AvgIpc) is 2.12. The van der Waals surface area contributed by atoms with Crippen LogP contribution in [-0.4, -0.2) is 67.6 Å². The van der Waals surface area contributed by atoms with Gasteiger partial charge in [-0.25, -0.2) is 4.79 Å². The molecule has 0 bridgehead atoms. The Kier molecular flexibility index (Phi) is 12.1. The second-order valence-electron chi connectivity index (χ2n) is 2.51. The number of carboxylic acids is 1. The molecule has 15 heavy (non-hydrogen) atoms. The van der Waals surface area contributed by atoms with Gasteiger partial charge < -0.3 is 36.8 Å². The Bertz CT molecular complexity index is 181. The van der Waals surface area contributed by atoms with Crippen LogP contribution in [0.2, 0.25) is 0 Å². The molecular weight excluding hydrogens is 254 g/mol. The Morgan fingerprint density at radius 2 is 1.47 bits per heavy atom. The number of aliphatic hydroxyl groups is 5. The van der Waals surface area contributed by atoms with Crippen molar-refractivity contribution in [1.82, 2.24) is 6.15 Å². The van der Waals surface area contributed by atoms with Gasteiger partial charge in [0.2, 0.25) is 0 Å². The maximum absolute atomic E-state index is 10.1. The van der Waals surface area contributed by atoms with Crippen LogP contribution in [0.5, 0.6) is 0 Å². The van der Waals surface area contributed by atoms with E-state index < -0.39 is 37.0 Å². The first-order valence-corrected chi connectivity index (χ1v) is 3.47. The van der Waals surface area contributed by atoms with Crippen molar-refractivity contribution < 1.29 is 52.5 Å². The number of carbonyl (C=O) groups is 1. The first-order valence-electron chi connectivity index (χ1n) is 3.47. The number of aliphatic hydroxyl groups excluding tert-OH is 5. The Hall–Kier alpha value is -0.251. The molecule has 0 unspecified atom stereocenters. The summed E-state index contributed by atoms with van der Waals surface area (Å²) in [6.45, 7) is -0.843. The predicted molar refractivity (Wildman–Crippen MR) is 43.8 cm³/mol. The van der Waals surface area contributed by atoms with Crippen LogP contribution >= 0.6 is 0 Å². The van der Waals surface area contributed by atoms with E-state index in [2.05, 4.69) is 0 Å². The number of hydrogen-bond donors (Lipinski definition) is 7. The molecule has 0 aromatic heterocycles. The monoisotopic (exact) mass is 269 g/mol. The summed E-state index contributed by atoms with van der Waals surface area (Å²) in [5, 5.41) is 51.8. The maximum atomic E-state index is 10.1. The summed E-state index contributed by atoms with van der Waals surface area (Å²) in [6, 6.07) is 0. The molecule has 0 radical (unpaired) electrons. The first kappa shape index (κ1) is 20.2. The fourth-order valence-corrected chi connectivity index (χ4v) is 0.668. The standard InChI is InChI=1S/C6H12O7.Fe.H3N/c7-1-2(8)3(9)4(10)5(11)6(12)13;;/h2-5,7-11H,1H2,(H,12,13);;1H3/t2-,3-,4+,5-;;/m1../s1. The van der Waals surface area contributed by atoms with E-state index in [0.29, 0.717) is 0 Å². The van der Waals surface area contributed by atoms with E-state index in [1.54, 1.807) is 0 Å². The molecule has 0 saturated heterocycles. The molecule has 0 fully saturated rings. The summed E-state index contributed by atoms with van der Waals surface area (Å²) >= 11 is 0. The van der Waals surface area contributed by atoms with Crippen molar-refractivity contribution in [3.63, 3.8) is 0 Å². The molecule has 0 aliphatic rings. The van der Waals surface area contributed by atoms with Crippen LogP contribution in [0.15, 0.2) is 0 Å². The molecule has 9 N–H and O–H groups in total. The van der Waals surface area contributed by atoms with E-state index in [0.717, 1.165) is 0 Å². The van der Waals surface area contributed by atoms with Crippen molar-refractivity contribution in [2.24, 2.45) is 0 Å². The minimum Gasteiger partial charge on any atom is -0.479 e. The second-order valence-corrected chi connectivity index (χ2v) is 2.51. The van der Waals surface area contributed by atoms with Gasteiger partial charge in [-0.15, -0.1) is 0 Å². The Balaban J connectivity index is -0.000000720. The molecular formula is C6H15FeNO7. The molecule has 0 saturated carbocycles. The zero-order valence-corrected chi connectivity index (χ0v) is 8.77. The second kappa shape index (κ2) is 9.01. The zero-order valence-electron chi connectivity index (χ0n) is 7.67. The molecule has 0 amide bonds. The summed E-state index contributed by atoms with van der Waals surface area (Å²) in [5.41, 5.74) is 0. The molecule has 9 heteroatoms. The number of aliphatic carboxylic acids is 1. The van der Waals surface area contributed by atoms with Crippen LogP contribution in [0.3, 0.4) is 0 Å². The third-order valence-corrected chi connectivity index (χ3v) is 1.51. The smallest absolute Gasteiger partial charge is 0.335 e. The van der Waals surface area contributed by atoms with Crippen molar-refractivity contribution in [3.05, 3.63) is 0 Å². The minimum atomic E-state index is -2.20. The Morgan fingerprint density at radius 1 is 1.07 bits per heavy atom. The molecule has 4 atom stereocenters. The molecule has 0 aliphatic heterocycles. The number of rotatable bonds is 5. The zero-order chi connectivity index (χ0) is 10.6. The van der Waals surface area contributed by atoms with Crippen LogP contribution in [0.4, 0.5) is 0 Å². The third kappa shape index (κ3) is 6.02. The van der Waals surface area contributed by atoms with Gasteiger partial charge in [-0.2, -0.15) is 0 Å². The SMILES string of the molecule is N.O=C(O)[C@H](O)[C@@H](O)[C@H](O)[C@H](O)CO.[Fe]. The fourth-order valence-electron chi connectivity index (χ4n) is 0.668. The fraction of sp³-hybridized carbons (Fsp3) is 0.833. The van der Waals surface area contributed by atoms with Gasteiger partial charge in [0.05, 0.1) is 6.61 Å². The molecule has 0 heterocycles. The molecule has 0 spiro atoms. The summed E-state index contributed by atoms with van der Waals surface area (Å²) in [4.78, 5) is 10.1. The molecule has 0 rings (SSSR count). The minimum absolute atomic E-state index is 0. The summed E-state index contributed by atoms with van der Waals surface area (Å²) < 4.78 is 0. The maximum Gasteiger partial charge on any atom is 0.335 e. The van der Waals surface area contributed by atoms with E-state index in [9.17, 15) is 4.79 Å². The van der Waals surface area contributed by atoms with E-state index >= 15 is 0 Å². The molecule has 0 aliphatic carbocycles. The molecule has 0 aromatic rings. The van der Waals surface area contributed by atoms with E-state index in [1.807, 2.05) is 0 Å². The van der Waals surface area contributed by atoms with Gasteiger partial charge in [-0.1, -0.05) is 0 Å². The predicted octanol–water partition coefficient (Wildman–Crippen LogP) is -3.33. The van der Waals surface area contributed by atoms with Crippen molar-refractivity contribution in [1.29, 1.82) is 0 Å². The van der Waals surface area contributed by atoms with Crippen LogP contribution in [0.25, 0.3) is 0 Å². The number of carboxylic acid groups (broad SMARTS) is 1.